The van der Waals surface area contributed by atoms with Gasteiger partial charge in [0.25, 0.3) is 5.91 Å². The first-order valence-corrected chi connectivity index (χ1v) is 14.5. The Morgan fingerprint density at radius 2 is 1.68 bits per heavy atom. The number of benzene rings is 3. The van der Waals surface area contributed by atoms with Gasteiger partial charge in [-0.1, -0.05) is 18.2 Å². The van der Waals surface area contributed by atoms with Gasteiger partial charge < -0.3 is 24.0 Å². The largest absolute Gasteiger partial charge is 0.483 e. The number of fused-ring (bicyclic) bond motifs is 1. The summed E-state index contributed by atoms with van der Waals surface area (Å²) in [6.07, 6.45) is 0. The number of ether oxygens (including phenoxy) is 3. The maximum Gasteiger partial charge on any atom is 0.260 e. The van der Waals surface area contributed by atoms with Crippen molar-refractivity contribution in [2.45, 2.75) is 13.1 Å². The second kappa shape index (κ2) is 12.2. The Morgan fingerprint density at radius 3 is 2.46 bits per heavy atom. The summed E-state index contributed by atoms with van der Waals surface area (Å²) >= 11 is 1.74. The Hall–Kier alpha value is -4.08. The smallest absolute Gasteiger partial charge is 0.260 e. The molecule has 0 unspecified atom stereocenters. The monoisotopic (exact) mass is 573 g/mol. The van der Waals surface area contributed by atoms with E-state index in [2.05, 4.69) is 40.4 Å². The van der Waals surface area contributed by atoms with Crippen LogP contribution in [0, 0.1) is 5.82 Å². The number of anilines is 1. The number of carbonyl (C=O) groups excluding carboxylic acids is 1. The van der Waals surface area contributed by atoms with E-state index in [1.54, 1.807) is 23.5 Å². The van der Waals surface area contributed by atoms with Crippen LogP contribution in [0.15, 0.2) is 78.2 Å². The van der Waals surface area contributed by atoms with Gasteiger partial charge >= 0.3 is 0 Å². The molecule has 1 fully saturated rings. The quantitative estimate of drug-likeness (QED) is 0.258. The number of carbonyl (C=O) groups is 1. The highest BCUT2D eigenvalue weighted by Gasteiger charge is 2.22. The molecule has 3 aromatic carbocycles. The summed E-state index contributed by atoms with van der Waals surface area (Å²) in [6, 6.07) is 22.7. The summed E-state index contributed by atoms with van der Waals surface area (Å²) in [5.74, 6) is 1.90. The molecule has 1 amide bonds. The van der Waals surface area contributed by atoms with Crippen LogP contribution in [-0.4, -0.2) is 62.3 Å². The van der Waals surface area contributed by atoms with E-state index in [1.165, 1.54) is 17.0 Å². The average molecular weight is 574 g/mol. The molecule has 2 aliphatic heterocycles. The topological polar surface area (TPSA) is 54.5 Å². The average Bonchev–Trinajstić information content (AvgIpc) is 3.68. The Morgan fingerprint density at radius 1 is 0.927 bits per heavy atom. The maximum atomic E-state index is 13.3. The molecule has 7 nitrogen and oxygen atoms in total. The fourth-order valence-corrected chi connectivity index (χ4v) is 6.00. The third kappa shape index (κ3) is 6.47. The molecule has 212 valence electrons. The Labute approximate surface area is 243 Å². The van der Waals surface area contributed by atoms with Gasteiger partial charge in [0, 0.05) is 55.4 Å². The number of hydrogen-bond donors (Lipinski definition) is 0. The van der Waals surface area contributed by atoms with Crippen molar-refractivity contribution in [1.82, 2.24) is 9.80 Å². The number of rotatable bonds is 9. The van der Waals surface area contributed by atoms with Gasteiger partial charge in [0.15, 0.2) is 18.1 Å². The zero-order valence-corrected chi connectivity index (χ0v) is 23.7. The third-order valence-electron chi connectivity index (χ3n) is 7.39. The van der Waals surface area contributed by atoms with E-state index in [1.807, 2.05) is 35.2 Å². The molecule has 0 aliphatic carbocycles. The summed E-state index contributed by atoms with van der Waals surface area (Å²) in [5, 5.41) is 2.09. The number of nitrogens with zero attached hydrogens (tertiary/aromatic N) is 3. The van der Waals surface area contributed by atoms with Gasteiger partial charge in [-0.05, 0) is 78.2 Å². The fourth-order valence-electron chi connectivity index (χ4n) is 5.21. The van der Waals surface area contributed by atoms with Gasteiger partial charge in [0.2, 0.25) is 6.79 Å². The van der Waals surface area contributed by atoms with E-state index in [9.17, 15) is 9.18 Å². The van der Waals surface area contributed by atoms with Gasteiger partial charge in [0.1, 0.15) is 11.6 Å². The molecule has 0 N–H and O–H groups in total. The Bertz CT molecular complexity index is 1490. The van der Waals surface area contributed by atoms with Crippen LogP contribution in [-0.2, 0) is 17.9 Å². The minimum atomic E-state index is -0.249. The molecule has 41 heavy (non-hydrogen) atoms. The Balaban J connectivity index is 1.13. The fraction of sp³-hybridized carbons (Fsp3) is 0.281. The zero-order chi connectivity index (χ0) is 28.2. The van der Waals surface area contributed by atoms with E-state index < -0.39 is 0 Å². The predicted molar refractivity (Wildman–Crippen MR) is 158 cm³/mol. The minimum Gasteiger partial charge on any atom is -0.483 e. The summed E-state index contributed by atoms with van der Waals surface area (Å²) in [6.45, 7) is 4.28. The van der Waals surface area contributed by atoms with Crippen molar-refractivity contribution in [3.63, 3.8) is 0 Å². The normalized spacial score (nSPS) is 14.5. The molecule has 0 saturated carbocycles. The standard InChI is InChI=1S/C32H32FN3O4S/c1-34(20-28-3-2-16-41-28)19-25-17-23(24-5-11-30-31(18-24)40-22-39-30)4-10-29(25)38-21-32(37)36-14-12-35(13-15-36)27-8-6-26(33)7-9-27/h2-11,16-18H,12-15,19-22H2,1H3. The lowest BCUT2D eigenvalue weighted by Gasteiger charge is -2.36. The summed E-state index contributed by atoms with van der Waals surface area (Å²) in [7, 11) is 2.09. The van der Waals surface area contributed by atoms with Crippen molar-refractivity contribution < 1.29 is 23.4 Å². The van der Waals surface area contributed by atoms with Gasteiger partial charge in [-0.15, -0.1) is 11.3 Å². The van der Waals surface area contributed by atoms with Crippen LogP contribution in [0.1, 0.15) is 10.4 Å². The van der Waals surface area contributed by atoms with Gasteiger partial charge in [0.05, 0.1) is 0 Å². The molecule has 9 heteroatoms. The van der Waals surface area contributed by atoms with Gasteiger partial charge in [-0.25, -0.2) is 4.39 Å². The molecule has 6 rings (SSSR count). The van der Waals surface area contributed by atoms with E-state index in [0.717, 1.165) is 40.4 Å². The lowest BCUT2D eigenvalue weighted by molar-refractivity contribution is -0.133. The van der Waals surface area contributed by atoms with Crippen LogP contribution in [0.5, 0.6) is 17.2 Å². The van der Waals surface area contributed by atoms with Crippen LogP contribution >= 0.6 is 11.3 Å². The molecule has 2 aliphatic rings. The number of halogens is 1. The van der Waals surface area contributed by atoms with Crippen molar-refractivity contribution in [2.24, 2.45) is 0 Å². The molecule has 4 aromatic rings. The molecule has 0 spiro atoms. The van der Waals surface area contributed by atoms with Crippen molar-refractivity contribution in [2.75, 3.05) is 51.5 Å². The van der Waals surface area contributed by atoms with Crippen LogP contribution in [0.3, 0.4) is 0 Å². The van der Waals surface area contributed by atoms with E-state index in [-0.39, 0.29) is 25.1 Å². The Kier molecular flexibility index (Phi) is 8.07. The van der Waals surface area contributed by atoms with Crippen molar-refractivity contribution in [3.05, 3.63) is 94.4 Å². The van der Waals surface area contributed by atoms with Crippen LogP contribution in [0.2, 0.25) is 0 Å². The zero-order valence-electron chi connectivity index (χ0n) is 22.9. The maximum absolute atomic E-state index is 13.3. The molecule has 1 saturated heterocycles. The minimum absolute atomic E-state index is 0.0262. The van der Waals surface area contributed by atoms with E-state index >= 15 is 0 Å². The van der Waals surface area contributed by atoms with Crippen LogP contribution in [0.4, 0.5) is 10.1 Å². The molecule has 1 aromatic heterocycles. The highest BCUT2D eigenvalue weighted by Crippen LogP contribution is 2.37. The van der Waals surface area contributed by atoms with Crippen molar-refractivity contribution in [1.29, 1.82) is 0 Å². The summed E-state index contributed by atoms with van der Waals surface area (Å²) in [4.78, 5) is 20.6. The second-order valence-electron chi connectivity index (χ2n) is 10.3. The van der Waals surface area contributed by atoms with Crippen LogP contribution in [0.25, 0.3) is 11.1 Å². The lowest BCUT2D eigenvalue weighted by atomic mass is 10.0. The van der Waals surface area contributed by atoms with Crippen molar-refractivity contribution >= 4 is 22.9 Å². The molecular weight excluding hydrogens is 541 g/mol. The SMILES string of the molecule is CN(Cc1cccs1)Cc1cc(-c2ccc3c(c2)OCO3)ccc1OCC(=O)N1CCN(c2ccc(F)cc2)CC1. The van der Waals surface area contributed by atoms with E-state index in [4.69, 9.17) is 14.2 Å². The highest BCUT2D eigenvalue weighted by molar-refractivity contribution is 7.09. The first-order valence-electron chi connectivity index (χ1n) is 13.7. The first kappa shape index (κ1) is 27.1. The molecule has 0 radical (unpaired) electrons. The van der Waals surface area contributed by atoms with Crippen molar-refractivity contribution in [3.8, 4) is 28.4 Å². The van der Waals surface area contributed by atoms with Crippen LogP contribution < -0.4 is 19.1 Å². The highest BCUT2D eigenvalue weighted by atomic mass is 32.1. The third-order valence-corrected chi connectivity index (χ3v) is 8.25. The number of hydrogen-bond acceptors (Lipinski definition) is 7. The van der Waals surface area contributed by atoms with E-state index in [0.29, 0.717) is 38.5 Å². The molecular formula is C32H32FN3O4S. The lowest BCUT2D eigenvalue weighted by Crippen LogP contribution is -2.50. The van der Waals surface area contributed by atoms with Gasteiger partial charge in [-0.3, -0.25) is 9.69 Å². The van der Waals surface area contributed by atoms with Gasteiger partial charge in [-0.2, -0.15) is 0 Å². The first-order chi connectivity index (χ1) is 20.0. The molecule has 3 heterocycles. The number of thiophene rings is 1. The predicted octanol–water partition coefficient (Wildman–Crippen LogP) is 5.64. The molecule has 0 atom stereocenters. The molecule has 0 bridgehead atoms. The summed E-state index contributed by atoms with van der Waals surface area (Å²) in [5.41, 5.74) is 4.04. The second-order valence-corrected chi connectivity index (χ2v) is 11.3. The number of amides is 1. The summed E-state index contributed by atoms with van der Waals surface area (Å²) < 4.78 is 30.5. The number of piperazine rings is 1.